The zero-order valence-corrected chi connectivity index (χ0v) is 11.4. The molecule has 0 amide bonds. The van der Waals surface area contributed by atoms with Crippen LogP contribution >= 0.6 is 11.6 Å². The first-order valence-corrected chi connectivity index (χ1v) is 6.31. The van der Waals surface area contributed by atoms with Gasteiger partial charge in [-0.2, -0.15) is 0 Å². The van der Waals surface area contributed by atoms with Crippen LogP contribution in [0.4, 0.5) is 8.78 Å². The van der Waals surface area contributed by atoms with Crippen LogP contribution in [-0.4, -0.2) is 15.4 Å². The van der Waals surface area contributed by atoms with E-state index in [9.17, 15) is 8.78 Å². The number of hydrogen-bond donors (Lipinski definition) is 0. The number of alkyl halides is 1. The molecule has 98 valence electrons. The maximum Gasteiger partial charge on any atom is 0.184 e. The predicted octanol–water partition coefficient (Wildman–Crippen LogP) is 3.85. The lowest BCUT2D eigenvalue weighted by Gasteiger charge is -2.24. The lowest BCUT2D eigenvalue weighted by Crippen LogP contribution is -2.24. The third-order valence-corrected chi connectivity index (χ3v) is 2.96. The molecule has 1 aromatic heterocycles. The zero-order chi connectivity index (χ0) is 13.5. The number of halogens is 3. The first kappa shape index (κ1) is 13.3. The SMILES string of the molecule is CC(C)(C)n1c(CCCl)nc2ccc(F)c(F)c21. The number of benzene rings is 1. The van der Waals surface area contributed by atoms with E-state index in [0.29, 0.717) is 23.6 Å². The van der Waals surface area contributed by atoms with E-state index in [1.54, 1.807) is 4.57 Å². The normalized spacial score (nSPS) is 12.3. The Balaban J connectivity index is 2.83. The van der Waals surface area contributed by atoms with Crippen LogP contribution < -0.4 is 0 Å². The Morgan fingerprint density at radius 1 is 1.28 bits per heavy atom. The molecule has 0 atom stereocenters. The topological polar surface area (TPSA) is 17.8 Å². The summed E-state index contributed by atoms with van der Waals surface area (Å²) in [7, 11) is 0. The van der Waals surface area contributed by atoms with Crippen LogP contribution in [0.25, 0.3) is 11.0 Å². The van der Waals surface area contributed by atoms with Gasteiger partial charge in [-0.05, 0) is 32.9 Å². The highest BCUT2D eigenvalue weighted by atomic mass is 35.5. The van der Waals surface area contributed by atoms with Crippen molar-refractivity contribution in [1.82, 2.24) is 9.55 Å². The average molecular weight is 273 g/mol. The van der Waals surface area contributed by atoms with Crippen molar-refractivity contribution >= 4 is 22.6 Å². The number of aryl methyl sites for hydroxylation is 1. The summed E-state index contributed by atoms with van der Waals surface area (Å²) in [5.74, 6) is -0.637. The number of aromatic nitrogens is 2. The van der Waals surface area contributed by atoms with Crippen LogP contribution in [0.1, 0.15) is 26.6 Å². The number of nitrogens with zero attached hydrogens (tertiary/aromatic N) is 2. The van der Waals surface area contributed by atoms with Gasteiger partial charge in [0.2, 0.25) is 0 Å². The number of fused-ring (bicyclic) bond motifs is 1. The average Bonchev–Trinajstić information content (AvgIpc) is 2.63. The summed E-state index contributed by atoms with van der Waals surface area (Å²) in [5.41, 5.74) is 0.289. The molecule has 0 aliphatic carbocycles. The molecule has 0 saturated heterocycles. The van der Waals surface area contributed by atoms with Crippen LogP contribution in [0, 0.1) is 11.6 Å². The summed E-state index contributed by atoms with van der Waals surface area (Å²) in [6.45, 7) is 5.78. The molecule has 1 aromatic carbocycles. The summed E-state index contributed by atoms with van der Waals surface area (Å²) in [6.07, 6.45) is 0.522. The van der Waals surface area contributed by atoms with Gasteiger partial charge in [0.1, 0.15) is 11.3 Å². The minimum Gasteiger partial charge on any atom is -0.320 e. The third kappa shape index (κ3) is 2.09. The first-order valence-electron chi connectivity index (χ1n) is 5.78. The van der Waals surface area contributed by atoms with Crippen molar-refractivity contribution in [3.8, 4) is 0 Å². The van der Waals surface area contributed by atoms with Crippen LogP contribution in [0.15, 0.2) is 12.1 Å². The standard InChI is InChI=1S/C13H15ClF2N2/c1-13(2,3)18-10(6-7-14)17-9-5-4-8(15)11(16)12(9)18/h4-5H,6-7H2,1-3H3. The third-order valence-electron chi connectivity index (χ3n) is 2.77. The van der Waals surface area contributed by atoms with Gasteiger partial charge in [0.15, 0.2) is 11.6 Å². The van der Waals surface area contributed by atoms with Gasteiger partial charge < -0.3 is 4.57 Å². The molecule has 18 heavy (non-hydrogen) atoms. The minimum absolute atomic E-state index is 0.211. The summed E-state index contributed by atoms with van der Waals surface area (Å²) in [6, 6.07) is 2.59. The molecule has 5 heteroatoms. The van der Waals surface area contributed by atoms with Gasteiger partial charge in [0, 0.05) is 17.8 Å². The van der Waals surface area contributed by atoms with Gasteiger partial charge >= 0.3 is 0 Å². The van der Waals surface area contributed by atoms with Crippen molar-refractivity contribution in [3.63, 3.8) is 0 Å². The van der Waals surface area contributed by atoms with Gasteiger partial charge in [-0.1, -0.05) is 0 Å². The molecule has 0 fully saturated rings. The molecule has 0 saturated carbocycles. The van der Waals surface area contributed by atoms with E-state index in [1.807, 2.05) is 20.8 Å². The molecule has 0 unspecified atom stereocenters. The monoisotopic (exact) mass is 272 g/mol. The Kier molecular flexibility index (Phi) is 3.32. The molecule has 0 bridgehead atoms. The largest absolute Gasteiger partial charge is 0.320 e. The highest BCUT2D eigenvalue weighted by molar-refractivity contribution is 6.17. The van der Waals surface area contributed by atoms with E-state index in [-0.39, 0.29) is 11.1 Å². The molecular weight excluding hydrogens is 258 g/mol. The molecule has 0 aliphatic heterocycles. The Hall–Kier alpha value is -1.16. The fourth-order valence-corrected chi connectivity index (χ4v) is 2.29. The molecule has 0 N–H and O–H groups in total. The van der Waals surface area contributed by atoms with E-state index in [0.717, 1.165) is 6.07 Å². The van der Waals surface area contributed by atoms with Crippen molar-refractivity contribution in [2.75, 3.05) is 5.88 Å². The lowest BCUT2D eigenvalue weighted by atomic mass is 10.1. The lowest BCUT2D eigenvalue weighted by molar-refractivity contribution is 0.389. The quantitative estimate of drug-likeness (QED) is 0.759. The summed E-state index contributed by atoms with van der Waals surface area (Å²) in [4.78, 5) is 4.34. The summed E-state index contributed by atoms with van der Waals surface area (Å²) >= 11 is 5.74. The Morgan fingerprint density at radius 2 is 1.94 bits per heavy atom. The number of rotatable bonds is 2. The van der Waals surface area contributed by atoms with Crippen LogP contribution in [0.3, 0.4) is 0 Å². The van der Waals surface area contributed by atoms with Gasteiger partial charge in [-0.25, -0.2) is 13.8 Å². The second kappa shape index (κ2) is 4.50. The van der Waals surface area contributed by atoms with Gasteiger partial charge in [0.25, 0.3) is 0 Å². The van der Waals surface area contributed by atoms with Crippen LogP contribution in [0.5, 0.6) is 0 Å². The van der Waals surface area contributed by atoms with Crippen molar-refractivity contribution in [2.24, 2.45) is 0 Å². The Labute approximate surface area is 110 Å². The van der Waals surface area contributed by atoms with Gasteiger partial charge in [-0.3, -0.25) is 0 Å². The van der Waals surface area contributed by atoms with E-state index >= 15 is 0 Å². The second-order valence-electron chi connectivity index (χ2n) is 5.20. The minimum atomic E-state index is -0.856. The smallest absolute Gasteiger partial charge is 0.184 e. The summed E-state index contributed by atoms with van der Waals surface area (Å²) in [5, 5.41) is 0. The molecule has 2 rings (SSSR count). The number of hydrogen-bond acceptors (Lipinski definition) is 1. The summed E-state index contributed by atoms with van der Waals surface area (Å²) < 4.78 is 29.1. The maximum atomic E-state index is 14.0. The second-order valence-corrected chi connectivity index (χ2v) is 5.58. The first-order chi connectivity index (χ1) is 8.36. The highest BCUT2D eigenvalue weighted by Crippen LogP contribution is 2.28. The zero-order valence-electron chi connectivity index (χ0n) is 10.6. The molecule has 0 radical (unpaired) electrons. The van der Waals surface area contributed by atoms with Crippen molar-refractivity contribution in [2.45, 2.75) is 32.7 Å². The fourth-order valence-electron chi connectivity index (χ4n) is 2.13. The molecule has 2 aromatic rings. The Morgan fingerprint density at radius 3 is 2.50 bits per heavy atom. The Bertz CT molecular complexity index is 585. The van der Waals surface area contributed by atoms with Crippen molar-refractivity contribution < 1.29 is 8.78 Å². The number of imidazole rings is 1. The van der Waals surface area contributed by atoms with Crippen LogP contribution in [-0.2, 0) is 12.0 Å². The van der Waals surface area contributed by atoms with E-state index in [1.165, 1.54) is 6.07 Å². The maximum absolute atomic E-state index is 14.0. The van der Waals surface area contributed by atoms with Crippen LogP contribution in [0.2, 0.25) is 0 Å². The molecular formula is C13H15ClF2N2. The fraction of sp³-hybridized carbons (Fsp3) is 0.462. The van der Waals surface area contributed by atoms with E-state index < -0.39 is 11.6 Å². The van der Waals surface area contributed by atoms with Gasteiger partial charge in [-0.15, -0.1) is 11.6 Å². The van der Waals surface area contributed by atoms with Gasteiger partial charge in [0.05, 0.1) is 5.52 Å². The van der Waals surface area contributed by atoms with Crippen molar-refractivity contribution in [3.05, 3.63) is 29.6 Å². The van der Waals surface area contributed by atoms with Crippen molar-refractivity contribution in [1.29, 1.82) is 0 Å². The van der Waals surface area contributed by atoms with E-state index in [2.05, 4.69) is 4.98 Å². The highest BCUT2D eigenvalue weighted by Gasteiger charge is 2.24. The molecule has 0 spiro atoms. The van der Waals surface area contributed by atoms with E-state index in [4.69, 9.17) is 11.6 Å². The predicted molar refractivity (Wildman–Crippen MR) is 69.1 cm³/mol. The molecule has 1 heterocycles. The molecule has 2 nitrogen and oxygen atoms in total. The molecule has 0 aliphatic rings.